The summed E-state index contributed by atoms with van der Waals surface area (Å²) in [5.74, 6) is -4.82. The number of Topliss-reactive ketones (excluding diaryl/α,β-unsaturated/α-hetero) is 1. The highest BCUT2D eigenvalue weighted by Gasteiger charge is 2.55. The Morgan fingerprint density at radius 1 is 1.36 bits per heavy atom. The number of nitrogens with zero attached hydrogens (tertiary/aromatic N) is 3. The summed E-state index contributed by atoms with van der Waals surface area (Å²) in [6.45, 7) is 1.83. The van der Waals surface area contributed by atoms with Crippen LogP contribution in [0.5, 0.6) is 11.5 Å². The normalized spacial score (nSPS) is 19.7. The van der Waals surface area contributed by atoms with E-state index in [1.165, 1.54) is 11.4 Å². The molecule has 17 heteroatoms. The van der Waals surface area contributed by atoms with E-state index < -0.39 is 58.2 Å². The zero-order valence-corrected chi connectivity index (χ0v) is 23.2. The van der Waals surface area contributed by atoms with E-state index in [2.05, 4.69) is 31.4 Å². The van der Waals surface area contributed by atoms with Gasteiger partial charge in [-0.25, -0.2) is 9.78 Å². The molecule has 206 valence electrons. The van der Waals surface area contributed by atoms with Crippen LogP contribution in [-0.4, -0.2) is 84.3 Å². The van der Waals surface area contributed by atoms with Crippen LogP contribution < -0.4 is 16.8 Å². The summed E-state index contributed by atoms with van der Waals surface area (Å²) in [7, 11) is 0. The van der Waals surface area contributed by atoms with Crippen molar-refractivity contribution in [2.24, 2.45) is 10.9 Å². The second-order valence-corrected chi connectivity index (χ2v) is 11.0. The maximum Gasteiger partial charge on any atom is 0.352 e. The van der Waals surface area contributed by atoms with Crippen LogP contribution in [0.1, 0.15) is 23.0 Å². The molecule has 1 aromatic carbocycles. The molecule has 2 aromatic rings. The molecule has 1 aromatic heterocycles. The summed E-state index contributed by atoms with van der Waals surface area (Å²) in [4.78, 5) is 61.3. The van der Waals surface area contributed by atoms with E-state index in [1.807, 2.05) is 0 Å². The monoisotopic (exact) mass is 640 g/mol. The maximum absolute atomic E-state index is 13.1. The number of rotatable bonds is 9. The number of aromatic hydroxyl groups is 2. The van der Waals surface area contributed by atoms with Gasteiger partial charge in [0.05, 0.1) is 10.5 Å². The number of aliphatic carboxylic acids is 1. The Morgan fingerprint density at radius 2 is 2.08 bits per heavy atom. The largest absolute Gasteiger partial charge is 0.504 e. The minimum absolute atomic E-state index is 0.0212. The van der Waals surface area contributed by atoms with Crippen LogP contribution >= 0.6 is 39.0 Å². The van der Waals surface area contributed by atoms with Crippen LogP contribution in [0, 0.1) is 0 Å². The Bertz CT molecular complexity index is 1420. The number of carboxylic acid groups (broad SMARTS) is 1. The fourth-order valence-corrected chi connectivity index (χ4v) is 6.28. The van der Waals surface area contributed by atoms with Gasteiger partial charge in [-0.2, -0.15) is 0 Å². The lowest BCUT2D eigenvalue weighted by molar-refractivity contribution is -0.150. The number of nitrogens with two attached hydrogens (primary N) is 2. The highest BCUT2D eigenvalue weighted by Crippen LogP contribution is 2.42. The number of phenolic OH excluding ortho intramolecular Hbond substituents is 2. The Balaban J connectivity index is 1.57. The predicted molar refractivity (Wildman–Crippen MR) is 144 cm³/mol. The number of carboxylic acids is 1. The molecule has 2 aliphatic heterocycles. The lowest BCUT2D eigenvalue weighted by atomic mass is 9.94. The molecule has 39 heavy (non-hydrogen) atoms. The third kappa shape index (κ3) is 5.29. The second-order valence-electron chi connectivity index (χ2n) is 8.14. The van der Waals surface area contributed by atoms with Crippen molar-refractivity contribution in [2.75, 3.05) is 18.1 Å². The number of amides is 2. The maximum atomic E-state index is 13.1. The molecule has 1 fully saturated rings. The van der Waals surface area contributed by atoms with Gasteiger partial charge in [-0.05, 0) is 40.6 Å². The highest BCUT2D eigenvalue weighted by atomic mass is 79.9. The molecule has 2 amide bonds. The molecule has 0 radical (unpaired) electrons. The molecule has 0 spiro atoms. The predicted octanol–water partition coefficient (Wildman–Crippen LogP) is 0.588. The molecule has 3 heterocycles. The second kappa shape index (κ2) is 11.2. The number of benzene rings is 1. The van der Waals surface area contributed by atoms with Gasteiger partial charge in [0.15, 0.2) is 28.1 Å². The Labute approximate surface area is 236 Å². The molecule has 14 nitrogen and oxygen atoms in total. The van der Waals surface area contributed by atoms with Crippen LogP contribution in [0.25, 0.3) is 0 Å². The van der Waals surface area contributed by atoms with Crippen molar-refractivity contribution >= 4 is 73.4 Å². The van der Waals surface area contributed by atoms with Crippen LogP contribution in [0.4, 0.5) is 5.13 Å². The van der Waals surface area contributed by atoms with Crippen molar-refractivity contribution in [3.63, 3.8) is 0 Å². The van der Waals surface area contributed by atoms with E-state index in [1.54, 1.807) is 6.92 Å². The smallest absolute Gasteiger partial charge is 0.352 e. The highest BCUT2D eigenvalue weighted by molar-refractivity contribution is 9.10. The number of ketones is 1. The third-order valence-electron chi connectivity index (χ3n) is 5.74. The van der Waals surface area contributed by atoms with E-state index in [9.17, 15) is 34.5 Å². The molecule has 0 bridgehead atoms. The Kier molecular flexibility index (Phi) is 8.15. The zero-order chi connectivity index (χ0) is 28.6. The number of anilines is 1. The molecule has 2 unspecified atom stereocenters. The quantitative estimate of drug-likeness (QED) is 0.0727. The number of nitrogen functional groups attached to an aromatic ring is 1. The number of nitrogens with one attached hydrogen (secondary N) is 1. The molecule has 8 N–H and O–H groups in total. The number of oxime groups is 1. The first-order valence-corrected chi connectivity index (χ1v) is 13.8. The molecule has 2 aliphatic rings. The van der Waals surface area contributed by atoms with Crippen LogP contribution in [0.2, 0.25) is 0 Å². The van der Waals surface area contributed by atoms with Crippen molar-refractivity contribution in [2.45, 2.75) is 24.4 Å². The molecule has 3 atom stereocenters. The number of fused-ring (bicyclic) bond motifs is 1. The summed E-state index contributed by atoms with van der Waals surface area (Å²) >= 11 is 5.21. The van der Waals surface area contributed by atoms with Crippen molar-refractivity contribution in [3.8, 4) is 11.5 Å². The van der Waals surface area contributed by atoms with Gasteiger partial charge in [0.1, 0.15) is 29.4 Å². The van der Waals surface area contributed by atoms with E-state index in [4.69, 9.17) is 16.3 Å². The molecule has 0 aliphatic carbocycles. The number of thioether (sulfide) groups is 1. The third-order valence-corrected chi connectivity index (χ3v) is 8.32. The van der Waals surface area contributed by atoms with Gasteiger partial charge < -0.3 is 36.9 Å². The van der Waals surface area contributed by atoms with Gasteiger partial charge in [-0.3, -0.25) is 19.3 Å². The number of carbonyl (C=O) groups is 4. The number of phenols is 2. The number of halogens is 1. The molecular weight excluding hydrogens is 620 g/mol. The zero-order valence-electron chi connectivity index (χ0n) is 20.0. The van der Waals surface area contributed by atoms with Crippen LogP contribution in [0.3, 0.4) is 0 Å². The summed E-state index contributed by atoms with van der Waals surface area (Å²) in [6, 6.07) is -0.339. The van der Waals surface area contributed by atoms with Crippen LogP contribution in [-0.2, 0) is 19.2 Å². The van der Waals surface area contributed by atoms with Crippen molar-refractivity contribution in [1.29, 1.82) is 0 Å². The fraction of sp³-hybridized carbons (Fsp3) is 0.273. The standard InChI is InChI=1S/C22H21BrN6O8S2/c1-2-37-28-13(10-6-39-22(25)26-10)18(33)27-14-19(34)29-15(21(35)36)8(5-38-20(14)29)12(24)16(31)7-3-9(23)17(32)11(30)4-7/h3-4,6,12,14,20,30,32H,2,5,24H2,1H3,(H2,25,26)(H,27,33)(H,35,36)/b28-13-/t12?,14?,20-/m1/s1. The number of hydrogen-bond donors (Lipinski definition) is 6. The van der Waals surface area contributed by atoms with E-state index in [-0.39, 0.29) is 44.5 Å². The van der Waals surface area contributed by atoms with Gasteiger partial charge in [0.2, 0.25) is 0 Å². The average molecular weight is 641 g/mol. The van der Waals surface area contributed by atoms with Crippen LogP contribution in [0.15, 0.2) is 38.4 Å². The number of hydrogen-bond acceptors (Lipinski definition) is 13. The number of thiazole rings is 1. The first-order valence-electron chi connectivity index (χ1n) is 11.1. The number of aromatic nitrogens is 1. The SMILES string of the molecule is CCO/N=C(\C(=O)NC1C(=O)N2C(C(=O)O)=C(C(N)C(=O)c3cc(O)c(O)c(Br)c3)CS[C@H]12)c1csc(N)n1. The van der Waals surface area contributed by atoms with Crippen molar-refractivity contribution in [3.05, 3.63) is 44.5 Å². The van der Waals surface area contributed by atoms with Gasteiger partial charge in [0, 0.05) is 16.7 Å². The van der Waals surface area contributed by atoms with Gasteiger partial charge in [-0.15, -0.1) is 23.1 Å². The molecular formula is C22H21BrN6O8S2. The number of carbonyl (C=O) groups excluding carboxylic acids is 3. The van der Waals surface area contributed by atoms with Crippen molar-refractivity contribution in [1.82, 2.24) is 15.2 Å². The lowest BCUT2D eigenvalue weighted by Crippen LogP contribution is -2.71. The Morgan fingerprint density at radius 3 is 2.67 bits per heavy atom. The van der Waals surface area contributed by atoms with E-state index in [0.717, 1.165) is 34.1 Å². The molecule has 4 rings (SSSR count). The first-order chi connectivity index (χ1) is 18.5. The van der Waals surface area contributed by atoms with E-state index >= 15 is 0 Å². The first kappa shape index (κ1) is 28.3. The minimum atomic E-state index is -1.48. The minimum Gasteiger partial charge on any atom is -0.504 e. The summed E-state index contributed by atoms with van der Waals surface area (Å²) in [5, 5.41) is 36.7. The average Bonchev–Trinajstić information content (AvgIpc) is 3.33. The fourth-order valence-electron chi connectivity index (χ4n) is 3.89. The molecule has 0 saturated carbocycles. The lowest BCUT2D eigenvalue weighted by Gasteiger charge is -2.49. The summed E-state index contributed by atoms with van der Waals surface area (Å²) in [5.41, 5.74) is 11.2. The summed E-state index contributed by atoms with van der Waals surface area (Å²) < 4.78 is 0.0349. The Hall–Kier alpha value is -3.67. The van der Waals surface area contributed by atoms with Crippen molar-refractivity contribution < 1.29 is 39.3 Å². The molecule has 1 saturated heterocycles. The van der Waals surface area contributed by atoms with Gasteiger partial charge >= 0.3 is 5.97 Å². The summed E-state index contributed by atoms with van der Waals surface area (Å²) in [6.07, 6.45) is 0. The van der Waals surface area contributed by atoms with E-state index in [0.29, 0.717) is 0 Å². The van der Waals surface area contributed by atoms with Gasteiger partial charge in [0.25, 0.3) is 11.8 Å². The topological polar surface area (TPSA) is 231 Å². The number of β-lactam (4-membered cyclic amide) rings is 1. The van der Waals surface area contributed by atoms with Gasteiger partial charge in [-0.1, -0.05) is 5.16 Å².